The summed E-state index contributed by atoms with van der Waals surface area (Å²) in [5.41, 5.74) is 0.583. The number of benzene rings is 1. The number of ketones is 1. The maximum absolute atomic E-state index is 12.4. The molecule has 8 heteroatoms. The number of ether oxygens (including phenoxy) is 2. The van der Waals surface area contributed by atoms with Gasteiger partial charge in [-0.05, 0) is 41.5 Å². The monoisotopic (exact) mass is 348 g/mol. The van der Waals surface area contributed by atoms with E-state index in [9.17, 15) is 4.79 Å². The van der Waals surface area contributed by atoms with Crippen LogP contribution in [0.15, 0.2) is 23.4 Å². The van der Waals surface area contributed by atoms with E-state index in [2.05, 4.69) is 15.5 Å². The third-order valence-corrected chi connectivity index (χ3v) is 5.10. The van der Waals surface area contributed by atoms with Gasteiger partial charge in [-0.25, -0.2) is 4.68 Å². The first kappa shape index (κ1) is 16.8. The third-order valence-electron chi connectivity index (χ3n) is 4.17. The summed E-state index contributed by atoms with van der Waals surface area (Å²) in [6.07, 6.45) is 4.61. The van der Waals surface area contributed by atoms with Crippen LogP contribution in [0.5, 0.6) is 11.5 Å². The van der Waals surface area contributed by atoms with E-state index in [1.165, 1.54) is 24.6 Å². The van der Waals surface area contributed by atoms with Gasteiger partial charge in [0.1, 0.15) is 0 Å². The highest BCUT2D eigenvalue weighted by molar-refractivity contribution is 7.99. The molecular formula is C16H20N4O3S. The van der Waals surface area contributed by atoms with Crippen LogP contribution >= 0.6 is 11.8 Å². The van der Waals surface area contributed by atoms with Crippen molar-refractivity contribution in [2.45, 2.75) is 36.9 Å². The van der Waals surface area contributed by atoms with Gasteiger partial charge >= 0.3 is 0 Å². The SMILES string of the molecule is COc1ccc(C(=O)CSc2nnnn2C2CCCC2)cc1OC. The molecule has 1 aromatic carbocycles. The smallest absolute Gasteiger partial charge is 0.210 e. The largest absolute Gasteiger partial charge is 0.493 e. The van der Waals surface area contributed by atoms with Crippen molar-refractivity contribution in [3.8, 4) is 11.5 Å². The van der Waals surface area contributed by atoms with Gasteiger partial charge in [0.2, 0.25) is 5.16 Å². The summed E-state index contributed by atoms with van der Waals surface area (Å²) in [4.78, 5) is 12.4. The molecule has 0 saturated heterocycles. The quantitative estimate of drug-likeness (QED) is 0.562. The Morgan fingerprint density at radius 2 is 2.00 bits per heavy atom. The first-order chi connectivity index (χ1) is 11.7. The van der Waals surface area contributed by atoms with Gasteiger partial charge in [0.05, 0.1) is 26.0 Å². The second-order valence-electron chi connectivity index (χ2n) is 5.63. The number of nitrogens with zero attached hydrogens (tertiary/aromatic N) is 4. The standard InChI is InChI=1S/C16H20N4O3S/c1-22-14-8-7-11(9-15(14)23-2)13(21)10-24-16-17-18-19-20(16)12-5-3-4-6-12/h7-9,12H,3-6,10H2,1-2H3. The second-order valence-corrected chi connectivity index (χ2v) is 6.57. The number of carbonyl (C=O) groups is 1. The summed E-state index contributed by atoms with van der Waals surface area (Å²) < 4.78 is 12.3. The predicted molar refractivity (Wildman–Crippen MR) is 89.9 cm³/mol. The molecule has 0 N–H and O–H groups in total. The molecule has 0 atom stereocenters. The van der Waals surface area contributed by atoms with Crippen LogP contribution in [0, 0.1) is 0 Å². The zero-order valence-corrected chi connectivity index (χ0v) is 14.6. The Morgan fingerprint density at radius 1 is 1.25 bits per heavy atom. The number of methoxy groups -OCH3 is 2. The number of tetrazole rings is 1. The summed E-state index contributed by atoms with van der Waals surface area (Å²) >= 11 is 1.37. The first-order valence-corrected chi connectivity index (χ1v) is 8.87. The minimum atomic E-state index is 0.00178. The van der Waals surface area contributed by atoms with Crippen molar-refractivity contribution in [2.75, 3.05) is 20.0 Å². The molecule has 128 valence electrons. The Balaban J connectivity index is 1.67. The van der Waals surface area contributed by atoms with Gasteiger partial charge in [0.15, 0.2) is 17.3 Å². The molecular weight excluding hydrogens is 328 g/mol. The summed E-state index contributed by atoms with van der Waals surface area (Å²) in [7, 11) is 3.12. The molecule has 24 heavy (non-hydrogen) atoms. The minimum absolute atomic E-state index is 0.00178. The lowest BCUT2D eigenvalue weighted by molar-refractivity contribution is 0.102. The zero-order valence-electron chi connectivity index (χ0n) is 13.8. The number of hydrogen-bond acceptors (Lipinski definition) is 7. The average molecular weight is 348 g/mol. The first-order valence-electron chi connectivity index (χ1n) is 7.89. The molecule has 7 nitrogen and oxygen atoms in total. The van der Waals surface area contributed by atoms with Crippen LogP contribution in [0.25, 0.3) is 0 Å². The Hall–Kier alpha value is -2.09. The fourth-order valence-corrected chi connectivity index (χ4v) is 3.72. The van der Waals surface area contributed by atoms with Crippen molar-refractivity contribution in [1.29, 1.82) is 0 Å². The Bertz CT molecular complexity index is 713. The average Bonchev–Trinajstić information content (AvgIpc) is 3.29. The van der Waals surface area contributed by atoms with Gasteiger partial charge in [-0.1, -0.05) is 24.6 Å². The minimum Gasteiger partial charge on any atom is -0.493 e. The van der Waals surface area contributed by atoms with Gasteiger partial charge in [0, 0.05) is 5.56 Å². The van der Waals surface area contributed by atoms with Crippen LogP contribution < -0.4 is 9.47 Å². The number of hydrogen-bond donors (Lipinski definition) is 0. The maximum atomic E-state index is 12.4. The lowest BCUT2D eigenvalue weighted by atomic mass is 10.1. The van der Waals surface area contributed by atoms with Gasteiger partial charge in [-0.2, -0.15) is 0 Å². The summed E-state index contributed by atoms with van der Waals surface area (Å²) in [5.74, 6) is 1.43. The van der Waals surface area contributed by atoms with Crippen molar-refractivity contribution in [3.63, 3.8) is 0 Å². The van der Waals surface area contributed by atoms with Crippen LogP contribution in [0.4, 0.5) is 0 Å². The van der Waals surface area contributed by atoms with E-state index < -0.39 is 0 Å². The van der Waals surface area contributed by atoms with E-state index in [4.69, 9.17) is 9.47 Å². The van der Waals surface area contributed by atoms with E-state index in [1.807, 2.05) is 4.68 Å². The van der Waals surface area contributed by atoms with Crippen molar-refractivity contribution >= 4 is 17.5 Å². The molecule has 1 aromatic heterocycles. The Labute approximate surface area is 144 Å². The molecule has 0 spiro atoms. The van der Waals surface area contributed by atoms with Crippen molar-refractivity contribution in [1.82, 2.24) is 20.2 Å². The molecule has 1 fully saturated rings. The molecule has 1 saturated carbocycles. The molecule has 1 heterocycles. The van der Waals surface area contributed by atoms with E-state index in [1.54, 1.807) is 32.4 Å². The van der Waals surface area contributed by atoms with Crippen LogP contribution in [-0.4, -0.2) is 46.0 Å². The van der Waals surface area contributed by atoms with E-state index in [-0.39, 0.29) is 11.5 Å². The fraction of sp³-hybridized carbons (Fsp3) is 0.500. The highest BCUT2D eigenvalue weighted by Crippen LogP contribution is 2.32. The van der Waals surface area contributed by atoms with Crippen LogP contribution in [0.2, 0.25) is 0 Å². The molecule has 0 bridgehead atoms. The van der Waals surface area contributed by atoms with Crippen LogP contribution in [-0.2, 0) is 0 Å². The number of carbonyl (C=O) groups excluding carboxylic acids is 1. The summed E-state index contributed by atoms with van der Waals surface area (Å²) in [5, 5.41) is 12.6. The highest BCUT2D eigenvalue weighted by Gasteiger charge is 2.22. The van der Waals surface area contributed by atoms with E-state index >= 15 is 0 Å². The highest BCUT2D eigenvalue weighted by atomic mass is 32.2. The molecule has 0 unspecified atom stereocenters. The summed E-state index contributed by atoms with van der Waals surface area (Å²) in [6, 6.07) is 5.53. The zero-order chi connectivity index (χ0) is 16.9. The lowest BCUT2D eigenvalue weighted by Gasteiger charge is -2.11. The van der Waals surface area contributed by atoms with E-state index in [0.29, 0.717) is 28.3 Å². The van der Waals surface area contributed by atoms with Crippen molar-refractivity contribution < 1.29 is 14.3 Å². The topological polar surface area (TPSA) is 79.1 Å². The van der Waals surface area contributed by atoms with Gasteiger partial charge < -0.3 is 9.47 Å². The van der Waals surface area contributed by atoms with Crippen molar-refractivity contribution in [2.24, 2.45) is 0 Å². The molecule has 2 aromatic rings. The third kappa shape index (κ3) is 3.53. The van der Waals surface area contributed by atoms with Crippen molar-refractivity contribution in [3.05, 3.63) is 23.8 Å². The molecule has 3 rings (SSSR count). The number of rotatable bonds is 7. The fourth-order valence-electron chi connectivity index (χ4n) is 2.88. The number of Topliss-reactive ketones (excluding diaryl/α,β-unsaturated/α-hetero) is 1. The molecule has 0 amide bonds. The van der Waals surface area contributed by atoms with Gasteiger partial charge in [-0.3, -0.25) is 4.79 Å². The second kappa shape index (κ2) is 7.65. The van der Waals surface area contributed by atoms with Crippen LogP contribution in [0.3, 0.4) is 0 Å². The molecule has 1 aliphatic rings. The van der Waals surface area contributed by atoms with Gasteiger partial charge in [-0.15, -0.1) is 5.10 Å². The summed E-state index contributed by atoms with van der Waals surface area (Å²) in [6.45, 7) is 0. The number of thioether (sulfide) groups is 1. The molecule has 1 aliphatic carbocycles. The number of aromatic nitrogens is 4. The van der Waals surface area contributed by atoms with Crippen LogP contribution in [0.1, 0.15) is 42.1 Å². The Morgan fingerprint density at radius 3 is 2.71 bits per heavy atom. The maximum Gasteiger partial charge on any atom is 0.210 e. The van der Waals surface area contributed by atoms with Gasteiger partial charge in [0.25, 0.3) is 0 Å². The molecule has 0 radical (unpaired) electrons. The normalized spacial score (nSPS) is 14.8. The predicted octanol–water partition coefficient (Wildman–Crippen LogP) is 2.78. The van der Waals surface area contributed by atoms with E-state index in [0.717, 1.165) is 12.8 Å². The lowest BCUT2D eigenvalue weighted by Crippen LogP contribution is -2.10. The Kier molecular flexibility index (Phi) is 5.34. The molecule has 0 aliphatic heterocycles.